The van der Waals surface area contributed by atoms with Gasteiger partial charge in [0.2, 0.25) is 0 Å². The molecule has 1 fully saturated rings. The first-order chi connectivity index (χ1) is 4.84. The zero-order chi connectivity index (χ0) is 7.40. The van der Waals surface area contributed by atoms with Crippen LogP contribution in [0.2, 0.25) is 0 Å². The minimum atomic E-state index is -0.152. The minimum Gasteiger partial charge on any atom is -0.391 e. The van der Waals surface area contributed by atoms with Crippen molar-refractivity contribution in [3.05, 3.63) is 0 Å². The van der Waals surface area contributed by atoms with E-state index in [0.717, 1.165) is 26.2 Å². The van der Waals surface area contributed by atoms with Crippen LogP contribution >= 0.6 is 0 Å². The van der Waals surface area contributed by atoms with Gasteiger partial charge in [-0.3, -0.25) is 0 Å². The molecule has 3 nitrogen and oxygen atoms in total. The third-order valence-electron chi connectivity index (χ3n) is 1.96. The van der Waals surface area contributed by atoms with Gasteiger partial charge in [-0.25, -0.2) is 0 Å². The number of aliphatic hydroxyl groups is 1. The van der Waals surface area contributed by atoms with E-state index in [1.54, 1.807) is 0 Å². The van der Waals surface area contributed by atoms with E-state index in [1.165, 1.54) is 0 Å². The molecule has 0 radical (unpaired) electrons. The molecule has 1 rings (SSSR count). The standard InChI is InChI=1S/C7H16N2O/c1-2-8-5-7(10)6-3-9-4-6/h6-10H,2-5H2,1H3. The first-order valence-electron chi connectivity index (χ1n) is 3.94. The lowest BCUT2D eigenvalue weighted by molar-refractivity contribution is 0.0769. The van der Waals surface area contributed by atoms with E-state index in [4.69, 9.17) is 0 Å². The molecule has 0 amide bonds. The van der Waals surface area contributed by atoms with E-state index >= 15 is 0 Å². The molecule has 0 saturated carbocycles. The van der Waals surface area contributed by atoms with Gasteiger partial charge in [0.15, 0.2) is 0 Å². The van der Waals surface area contributed by atoms with Crippen LogP contribution in [-0.2, 0) is 0 Å². The van der Waals surface area contributed by atoms with E-state index in [0.29, 0.717) is 5.92 Å². The highest BCUT2D eigenvalue weighted by Gasteiger charge is 2.24. The van der Waals surface area contributed by atoms with Gasteiger partial charge in [0, 0.05) is 25.6 Å². The van der Waals surface area contributed by atoms with Crippen LogP contribution in [-0.4, -0.2) is 37.4 Å². The Balaban J connectivity index is 2.02. The molecule has 0 aliphatic carbocycles. The van der Waals surface area contributed by atoms with Crippen LogP contribution in [0.15, 0.2) is 0 Å². The summed E-state index contributed by atoms with van der Waals surface area (Å²) in [4.78, 5) is 0. The Bertz CT molecular complexity index is 93.6. The van der Waals surface area contributed by atoms with Crippen LogP contribution in [0, 0.1) is 5.92 Å². The van der Waals surface area contributed by atoms with Crippen molar-refractivity contribution in [3.8, 4) is 0 Å². The maximum Gasteiger partial charge on any atom is 0.0716 e. The van der Waals surface area contributed by atoms with Gasteiger partial charge in [0.25, 0.3) is 0 Å². The van der Waals surface area contributed by atoms with Crippen LogP contribution in [0.4, 0.5) is 0 Å². The fourth-order valence-electron chi connectivity index (χ4n) is 1.04. The summed E-state index contributed by atoms with van der Waals surface area (Å²) in [7, 11) is 0. The lowest BCUT2D eigenvalue weighted by atomic mass is 9.96. The molecule has 0 aromatic heterocycles. The highest BCUT2D eigenvalue weighted by atomic mass is 16.3. The predicted molar refractivity (Wildman–Crippen MR) is 40.9 cm³/mol. The van der Waals surface area contributed by atoms with Crippen molar-refractivity contribution in [2.45, 2.75) is 13.0 Å². The highest BCUT2D eigenvalue weighted by Crippen LogP contribution is 2.07. The summed E-state index contributed by atoms with van der Waals surface area (Å²) in [5.41, 5.74) is 0. The zero-order valence-electron chi connectivity index (χ0n) is 6.43. The molecule has 60 valence electrons. The molecule has 1 aliphatic rings. The second-order valence-electron chi connectivity index (χ2n) is 2.79. The smallest absolute Gasteiger partial charge is 0.0716 e. The van der Waals surface area contributed by atoms with Crippen molar-refractivity contribution in [3.63, 3.8) is 0 Å². The van der Waals surface area contributed by atoms with Crippen molar-refractivity contribution in [1.82, 2.24) is 10.6 Å². The van der Waals surface area contributed by atoms with Crippen LogP contribution in [0.3, 0.4) is 0 Å². The highest BCUT2D eigenvalue weighted by molar-refractivity contribution is 4.82. The van der Waals surface area contributed by atoms with Crippen molar-refractivity contribution >= 4 is 0 Å². The van der Waals surface area contributed by atoms with Gasteiger partial charge in [0.1, 0.15) is 0 Å². The summed E-state index contributed by atoms with van der Waals surface area (Å²) in [5, 5.41) is 15.6. The molecule has 1 saturated heterocycles. The first kappa shape index (κ1) is 7.98. The lowest BCUT2D eigenvalue weighted by Gasteiger charge is -2.31. The summed E-state index contributed by atoms with van der Waals surface area (Å²) in [5.74, 6) is 0.485. The Morgan fingerprint density at radius 1 is 1.70 bits per heavy atom. The van der Waals surface area contributed by atoms with E-state index in [9.17, 15) is 5.11 Å². The Kier molecular flexibility index (Phi) is 3.12. The summed E-state index contributed by atoms with van der Waals surface area (Å²) < 4.78 is 0. The van der Waals surface area contributed by atoms with Crippen molar-refractivity contribution < 1.29 is 5.11 Å². The van der Waals surface area contributed by atoms with E-state index in [2.05, 4.69) is 10.6 Å². The Morgan fingerprint density at radius 3 is 2.80 bits per heavy atom. The summed E-state index contributed by atoms with van der Waals surface area (Å²) in [6, 6.07) is 0. The number of aliphatic hydroxyl groups excluding tert-OH is 1. The van der Waals surface area contributed by atoms with E-state index in [1.807, 2.05) is 6.92 Å². The summed E-state index contributed by atoms with van der Waals surface area (Å²) in [6.07, 6.45) is -0.152. The Hall–Kier alpha value is -0.120. The molecule has 1 atom stereocenters. The third-order valence-corrected chi connectivity index (χ3v) is 1.96. The van der Waals surface area contributed by atoms with Crippen molar-refractivity contribution in [2.24, 2.45) is 5.92 Å². The van der Waals surface area contributed by atoms with Gasteiger partial charge in [0.05, 0.1) is 6.10 Å². The van der Waals surface area contributed by atoms with Crippen LogP contribution in [0.5, 0.6) is 0 Å². The second kappa shape index (κ2) is 3.91. The summed E-state index contributed by atoms with van der Waals surface area (Å²) >= 11 is 0. The molecule has 0 aromatic carbocycles. The molecule has 0 aromatic rings. The average Bonchev–Trinajstić information content (AvgIpc) is 1.79. The average molecular weight is 144 g/mol. The molecule has 10 heavy (non-hydrogen) atoms. The molecule has 1 heterocycles. The van der Waals surface area contributed by atoms with Gasteiger partial charge in [-0.2, -0.15) is 0 Å². The SMILES string of the molecule is CCNCC(O)C1CNC1. The Labute approximate surface area is 61.8 Å². The van der Waals surface area contributed by atoms with E-state index < -0.39 is 0 Å². The number of likely N-dealkylation sites (N-methyl/N-ethyl adjacent to an activating group) is 1. The number of hydrogen-bond donors (Lipinski definition) is 3. The van der Waals surface area contributed by atoms with Gasteiger partial charge in [-0.1, -0.05) is 6.92 Å². The van der Waals surface area contributed by atoms with Gasteiger partial charge in [-0.05, 0) is 6.54 Å². The van der Waals surface area contributed by atoms with Crippen LogP contribution < -0.4 is 10.6 Å². The lowest BCUT2D eigenvalue weighted by Crippen LogP contribution is -2.51. The molecule has 3 N–H and O–H groups in total. The maximum atomic E-state index is 9.40. The first-order valence-corrected chi connectivity index (χ1v) is 3.94. The molecular formula is C7H16N2O. The van der Waals surface area contributed by atoms with Gasteiger partial charge in [-0.15, -0.1) is 0 Å². The molecule has 0 spiro atoms. The fourth-order valence-corrected chi connectivity index (χ4v) is 1.04. The number of hydrogen-bond acceptors (Lipinski definition) is 3. The largest absolute Gasteiger partial charge is 0.391 e. The molecule has 1 aliphatic heterocycles. The molecule has 1 unspecified atom stereocenters. The monoisotopic (exact) mass is 144 g/mol. The van der Waals surface area contributed by atoms with Crippen molar-refractivity contribution in [1.29, 1.82) is 0 Å². The minimum absolute atomic E-state index is 0.152. The quantitative estimate of drug-likeness (QED) is 0.483. The van der Waals surface area contributed by atoms with Crippen LogP contribution in [0.1, 0.15) is 6.92 Å². The topological polar surface area (TPSA) is 44.3 Å². The van der Waals surface area contributed by atoms with Gasteiger partial charge < -0.3 is 15.7 Å². The number of rotatable bonds is 4. The Morgan fingerprint density at radius 2 is 2.40 bits per heavy atom. The third kappa shape index (κ3) is 1.94. The second-order valence-corrected chi connectivity index (χ2v) is 2.79. The normalized spacial score (nSPS) is 22.2. The molecule has 3 heteroatoms. The fraction of sp³-hybridized carbons (Fsp3) is 1.00. The van der Waals surface area contributed by atoms with E-state index in [-0.39, 0.29) is 6.10 Å². The predicted octanol–water partition coefficient (Wildman–Crippen LogP) is -0.824. The van der Waals surface area contributed by atoms with Crippen molar-refractivity contribution in [2.75, 3.05) is 26.2 Å². The maximum absolute atomic E-state index is 9.40. The zero-order valence-corrected chi connectivity index (χ0v) is 6.43. The molecular weight excluding hydrogens is 128 g/mol. The van der Waals surface area contributed by atoms with Gasteiger partial charge >= 0.3 is 0 Å². The summed E-state index contributed by atoms with van der Waals surface area (Å²) in [6.45, 7) is 5.69. The number of nitrogens with one attached hydrogen (secondary N) is 2. The molecule has 0 bridgehead atoms. The van der Waals surface area contributed by atoms with Crippen LogP contribution in [0.25, 0.3) is 0 Å².